The van der Waals surface area contributed by atoms with Gasteiger partial charge in [-0.05, 0) is 47.4 Å². The van der Waals surface area contributed by atoms with E-state index in [1.807, 2.05) is 72.8 Å². The van der Waals surface area contributed by atoms with Crippen molar-refractivity contribution < 1.29 is 23.8 Å². The quantitative estimate of drug-likeness (QED) is 0.380. The summed E-state index contributed by atoms with van der Waals surface area (Å²) in [5.74, 6) is 1.55. The number of carbonyl (C=O) groups is 2. The van der Waals surface area contributed by atoms with Gasteiger partial charge in [-0.2, -0.15) is 0 Å². The Morgan fingerprint density at radius 3 is 2.41 bits per heavy atom. The second kappa shape index (κ2) is 8.91. The van der Waals surface area contributed by atoms with Gasteiger partial charge in [-0.3, -0.25) is 9.59 Å². The Hall–Kier alpha value is -4.78. The van der Waals surface area contributed by atoms with Gasteiger partial charge in [0.05, 0.1) is 6.54 Å². The van der Waals surface area contributed by atoms with Gasteiger partial charge in [0.2, 0.25) is 12.7 Å². The molecule has 3 aliphatic rings. The fourth-order valence-corrected chi connectivity index (χ4v) is 5.91. The van der Waals surface area contributed by atoms with E-state index in [0.29, 0.717) is 22.8 Å². The van der Waals surface area contributed by atoms with Gasteiger partial charge in [0, 0.05) is 28.6 Å². The maximum absolute atomic E-state index is 14.4. The lowest BCUT2D eigenvalue weighted by atomic mass is 9.77. The molecule has 0 saturated carbocycles. The normalized spacial score (nSPS) is 18.2. The summed E-state index contributed by atoms with van der Waals surface area (Å²) in [6.45, 7) is 2.64. The molecule has 1 atom stereocenters. The predicted octanol–water partition coefficient (Wildman–Crippen LogP) is 5.46. The molecular weight excluding hydrogens is 492 g/mol. The van der Waals surface area contributed by atoms with Crippen molar-refractivity contribution in [2.75, 3.05) is 23.6 Å². The molecule has 0 radical (unpaired) electrons. The average molecular weight is 519 g/mol. The monoisotopic (exact) mass is 518 g/mol. The van der Waals surface area contributed by atoms with Gasteiger partial charge in [0.1, 0.15) is 17.8 Å². The van der Waals surface area contributed by atoms with Gasteiger partial charge in [-0.25, -0.2) is 0 Å². The van der Waals surface area contributed by atoms with Crippen molar-refractivity contribution in [3.63, 3.8) is 0 Å². The second-order valence-electron chi connectivity index (χ2n) is 9.93. The number of nitrogens with zero attached hydrogens (tertiary/aromatic N) is 1. The van der Waals surface area contributed by atoms with Crippen LogP contribution in [0.3, 0.4) is 0 Å². The summed E-state index contributed by atoms with van der Waals surface area (Å²) in [5, 5.41) is 3.07. The molecule has 0 aromatic heterocycles. The van der Waals surface area contributed by atoms with Crippen molar-refractivity contribution in [2.24, 2.45) is 0 Å². The van der Waals surface area contributed by atoms with Crippen LogP contribution in [0.5, 0.6) is 17.2 Å². The summed E-state index contributed by atoms with van der Waals surface area (Å²) < 4.78 is 17.3. The number of rotatable bonds is 5. The maximum Gasteiger partial charge on any atom is 0.256 e. The molecule has 1 unspecified atom stereocenters. The third-order valence-electron chi connectivity index (χ3n) is 7.88. The number of fused-ring (bicyclic) bond motifs is 5. The van der Waals surface area contributed by atoms with E-state index in [2.05, 4.69) is 12.2 Å². The number of amides is 2. The first-order valence-electron chi connectivity index (χ1n) is 13.1. The van der Waals surface area contributed by atoms with Crippen molar-refractivity contribution in [3.05, 3.63) is 113 Å². The summed E-state index contributed by atoms with van der Waals surface area (Å²) in [7, 11) is 0. The minimum absolute atomic E-state index is 0.0899. The van der Waals surface area contributed by atoms with E-state index in [0.717, 1.165) is 40.0 Å². The highest BCUT2D eigenvalue weighted by atomic mass is 16.7. The van der Waals surface area contributed by atoms with Gasteiger partial charge in [0.15, 0.2) is 11.5 Å². The lowest BCUT2D eigenvalue weighted by molar-refractivity contribution is -0.122. The zero-order valence-corrected chi connectivity index (χ0v) is 21.4. The van der Waals surface area contributed by atoms with E-state index in [1.165, 1.54) is 0 Å². The van der Waals surface area contributed by atoms with Crippen LogP contribution in [0.15, 0.2) is 84.9 Å². The number of ether oxygens (including phenoxy) is 3. The van der Waals surface area contributed by atoms with E-state index in [-0.39, 0.29) is 31.8 Å². The molecule has 0 bridgehead atoms. The van der Waals surface area contributed by atoms with Crippen molar-refractivity contribution in [2.45, 2.75) is 25.3 Å². The zero-order chi connectivity index (χ0) is 26.6. The maximum atomic E-state index is 14.4. The van der Waals surface area contributed by atoms with E-state index in [1.54, 1.807) is 17.0 Å². The van der Waals surface area contributed by atoms with Crippen LogP contribution in [0.25, 0.3) is 0 Å². The fraction of sp³-hybridized carbons (Fsp3) is 0.188. The van der Waals surface area contributed by atoms with E-state index in [4.69, 9.17) is 14.2 Å². The molecule has 7 rings (SSSR count). The van der Waals surface area contributed by atoms with Crippen LogP contribution < -0.4 is 24.4 Å². The molecule has 0 aliphatic carbocycles. The van der Waals surface area contributed by atoms with Crippen LogP contribution in [0.4, 0.5) is 11.4 Å². The Bertz CT molecular complexity index is 1650. The summed E-state index contributed by atoms with van der Waals surface area (Å²) in [4.78, 5) is 29.6. The molecule has 3 aliphatic heterocycles. The standard InChI is InChI=1S/C32H26N2O5/c1-2-20-9-4-7-13-25(20)33-30(35)22-11-5-3-10-21(22)17-34-26-14-8-6-12-23(26)32(31(34)36)18-37-27-16-29-28(15-24(27)32)38-19-39-29/h3-16H,2,17-19H2,1H3,(H,33,35). The molecule has 7 nitrogen and oxygen atoms in total. The summed E-state index contributed by atoms with van der Waals surface area (Å²) in [5.41, 5.74) is 4.61. The summed E-state index contributed by atoms with van der Waals surface area (Å²) in [6, 6.07) is 26.7. The molecule has 39 heavy (non-hydrogen) atoms. The number of carbonyl (C=O) groups excluding carboxylic acids is 2. The highest BCUT2D eigenvalue weighted by Gasteiger charge is 2.57. The summed E-state index contributed by atoms with van der Waals surface area (Å²) >= 11 is 0. The lowest BCUT2D eigenvalue weighted by Crippen LogP contribution is -2.42. The molecule has 3 heterocycles. The van der Waals surface area contributed by atoms with E-state index in [9.17, 15) is 9.59 Å². The molecule has 0 fully saturated rings. The molecule has 194 valence electrons. The molecular formula is C32H26N2O5. The van der Waals surface area contributed by atoms with Crippen molar-refractivity contribution in [1.29, 1.82) is 0 Å². The number of nitrogens with one attached hydrogen (secondary N) is 1. The number of para-hydroxylation sites is 2. The minimum Gasteiger partial charge on any atom is -0.491 e. The molecule has 1 spiro atoms. The number of aryl methyl sites for hydroxylation is 1. The Morgan fingerprint density at radius 1 is 0.846 bits per heavy atom. The SMILES string of the molecule is CCc1ccccc1NC(=O)c1ccccc1CN1C(=O)C2(COc3cc4c(cc32)OCO4)c2ccccc21. The third kappa shape index (κ3) is 3.50. The highest BCUT2D eigenvalue weighted by Crippen LogP contribution is 2.55. The number of hydrogen-bond acceptors (Lipinski definition) is 5. The van der Waals surface area contributed by atoms with Crippen LogP contribution in [0.2, 0.25) is 0 Å². The first-order valence-corrected chi connectivity index (χ1v) is 13.1. The predicted molar refractivity (Wildman–Crippen MR) is 147 cm³/mol. The zero-order valence-electron chi connectivity index (χ0n) is 21.4. The number of hydrogen-bond donors (Lipinski definition) is 1. The van der Waals surface area contributed by atoms with Gasteiger partial charge >= 0.3 is 0 Å². The van der Waals surface area contributed by atoms with Crippen molar-refractivity contribution >= 4 is 23.2 Å². The van der Waals surface area contributed by atoms with Gasteiger partial charge in [-0.15, -0.1) is 0 Å². The first-order chi connectivity index (χ1) is 19.1. The number of benzene rings is 4. The Balaban J connectivity index is 1.26. The van der Waals surface area contributed by atoms with Crippen molar-refractivity contribution in [1.82, 2.24) is 0 Å². The first kappa shape index (κ1) is 23.3. The van der Waals surface area contributed by atoms with E-state index < -0.39 is 5.41 Å². The van der Waals surface area contributed by atoms with Crippen LogP contribution in [-0.2, 0) is 23.2 Å². The van der Waals surface area contributed by atoms with Crippen molar-refractivity contribution in [3.8, 4) is 17.2 Å². The van der Waals surface area contributed by atoms with Crippen LogP contribution in [0.1, 0.15) is 39.5 Å². The smallest absolute Gasteiger partial charge is 0.256 e. The highest BCUT2D eigenvalue weighted by molar-refractivity contribution is 6.12. The van der Waals surface area contributed by atoms with Gasteiger partial charge in [-0.1, -0.05) is 61.5 Å². The molecule has 2 amide bonds. The Labute approximate surface area is 225 Å². The molecule has 1 N–H and O–H groups in total. The topological polar surface area (TPSA) is 77.1 Å². The van der Waals surface area contributed by atoms with E-state index >= 15 is 0 Å². The largest absolute Gasteiger partial charge is 0.491 e. The van der Waals surface area contributed by atoms with Crippen LogP contribution >= 0.6 is 0 Å². The third-order valence-corrected chi connectivity index (χ3v) is 7.88. The molecule has 4 aromatic carbocycles. The fourth-order valence-electron chi connectivity index (χ4n) is 5.91. The number of anilines is 2. The Morgan fingerprint density at radius 2 is 1.56 bits per heavy atom. The minimum atomic E-state index is -0.996. The molecule has 7 heteroatoms. The average Bonchev–Trinajstić information content (AvgIpc) is 3.65. The molecule has 0 saturated heterocycles. The second-order valence-corrected chi connectivity index (χ2v) is 9.93. The van der Waals surface area contributed by atoms with Crippen LogP contribution in [0, 0.1) is 0 Å². The summed E-state index contributed by atoms with van der Waals surface area (Å²) in [6.07, 6.45) is 0.809. The molecule has 4 aromatic rings. The van der Waals surface area contributed by atoms with Gasteiger partial charge < -0.3 is 24.4 Å². The van der Waals surface area contributed by atoms with Crippen LogP contribution in [-0.4, -0.2) is 25.2 Å². The van der Waals surface area contributed by atoms with Gasteiger partial charge in [0.25, 0.3) is 5.91 Å². The Kier molecular flexibility index (Phi) is 5.33. The lowest BCUT2D eigenvalue weighted by Gasteiger charge is -2.24.